The molecule has 0 aliphatic carbocycles. The quantitative estimate of drug-likeness (QED) is 0.362. The van der Waals surface area contributed by atoms with E-state index in [9.17, 15) is 4.79 Å². The van der Waals surface area contributed by atoms with Gasteiger partial charge in [0.25, 0.3) is 0 Å². The Hall–Kier alpha value is -3.73. The number of hydrogen-bond donors (Lipinski definition) is 2. The van der Waals surface area contributed by atoms with Crippen LogP contribution in [-0.4, -0.2) is 29.3 Å². The SMILES string of the molecule is CC(Oc1ccc(CCC(=O)O)cc1-c1ccc2[nH]ccc2c1)N(C)c1ccccc1. The van der Waals surface area contributed by atoms with E-state index in [1.807, 2.05) is 62.6 Å². The van der Waals surface area contributed by atoms with Crippen molar-refractivity contribution in [2.45, 2.75) is 26.0 Å². The maximum absolute atomic E-state index is 11.0. The van der Waals surface area contributed by atoms with Crippen molar-refractivity contribution in [2.24, 2.45) is 0 Å². The maximum Gasteiger partial charge on any atom is 0.303 e. The van der Waals surface area contributed by atoms with Gasteiger partial charge in [-0.2, -0.15) is 0 Å². The molecule has 5 nitrogen and oxygen atoms in total. The smallest absolute Gasteiger partial charge is 0.303 e. The lowest BCUT2D eigenvalue weighted by atomic mass is 9.99. The fourth-order valence-corrected chi connectivity index (χ4v) is 3.67. The summed E-state index contributed by atoms with van der Waals surface area (Å²) in [4.78, 5) is 16.3. The zero-order valence-corrected chi connectivity index (χ0v) is 17.7. The Balaban J connectivity index is 1.67. The number of aliphatic carboxylic acids is 1. The fraction of sp³-hybridized carbons (Fsp3) is 0.192. The Morgan fingerprint density at radius 2 is 1.87 bits per heavy atom. The highest BCUT2D eigenvalue weighted by Gasteiger charge is 2.16. The number of carboxylic acid groups (broad SMARTS) is 1. The van der Waals surface area contributed by atoms with Crippen LogP contribution in [0.5, 0.6) is 5.75 Å². The largest absolute Gasteiger partial charge is 0.481 e. The third-order valence-electron chi connectivity index (χ3n) is 5.54. The molecule has 0 fully saturated rings. The van der Waals surface area contributed by atoms with Gasteiger partial charge in [0.05, 0.1) is 0 Å². The second-order valence-corrected chi connectivity index (χ2v) is 7.67. The highest BCUT2D eigenvalue weighted by atomic mass is 16.5. The maximum atomic E-state index is 11.0. The predicted octanol–water partition coefficient (Wildman–Crippen LogP) is 5.71. The number of anilines is 1. The molecule has 1 heterocycles. The van der Waals surface area contributed by atoms with Crippen LogP contribution in [0.3, 0.4) is 0 Å². The van der Waals surface area contributed by atoms with Crippen molar-refractivity contribution in [2.75, 3.05) is 11.9 Å². The molecule has 0 spiro atoms. The van der Waals surface area contributed by atoms with Crippen molar-refractivity contribution in [1.29, 1.82) is 0 Å². The Kier molecular flexibility index (Phi) is 5.94. The molecule has 0 radical (unpaired) electrons. The molecule has 1 atom stereocenters. The molecule has 0 aliphatic rings. The molecular formula is C26H26N2O3. The molecule has 1 unspecified atom stereocenters. The standard InChI is InChI=1S/C26H26N2O3/c1-18(28(2)22-6-4-3-5-7-22)31-25-12-8-19(9-13-26(29)30)16-23(25)20-10-11-24-21(17-20)14-15-27-24/h3-8,10-12,14-18,27H,9,13H2,1-2H3,(H,29,30). The number of H-pyrrole nitrogens is 1. The average molecular weight is 415 g/mol. The molecule has 0 saturated heterocycles. The van der Waals surface area contributed by atoms with Gasteiger partial charge in [-0.15, -0.1) is 0 Å². The van der Waals surface area contributed by atoms with Crippen LogP contribution < -0.4 is 9.64 Å². The minimum absolute atomic E-state index is 0.101. The summed E-state index contributed by atoms with van der Waals surface area (Å²) >= 11 is 0. The summed E-state index contributed by atoms with van der Waals surface area (Å²) < 4.78 is 6.39. The zero-order valence-electron chi connectivity index (χ0n) is 17.7. The predicted molar refractivity (Wildman–Crippen MR) is 125 cm³/mol. The van der Waals surface area contributed by atoms with Crippen LogP contribution in [0, 0.1) is 0 Å². The van der Waals surface area contributed by atoms with Gasteiger partial charge in [-0.05, 0) is 72.3 Å². The molecular weight excluding hydrogens is 388 g/mol. The Morgan fingerprint density at radius 3 is 2.65 bits per heavy atom. The van der Waals surface area contributed by atoms with Crippen LogP contribution in [0.15, 0.2) is 79.0 Å². The van der Waals surface area contributed by atoms with Gasteiger partial charge in [-0.3, -0.25) is 4.79 Å². The topological polar surface area (TPSA) is 65.6 Å². The normalized spacial score (nSPS) is 11.9. The molecule has 2 N–H and O–H groups in total. The summed E-state index contributed by atoms with van der Waals surface area (Å²) in [6.07, 6.45) is 2.31. The van der Waals surface area contributed by atoms with Crippen LogP contribution in [0.2, 0.25) is 0 Å². The van der Waals surface area contributed by atoms with Gasteiger partial charge in [0.1, 0.15) is 5.75 Å². The fourth-order valence-electron chi connectivity index (χ4n) is 3.67. The first-order chi connectivity index (χ1) is 15.0. The molecule has 31 heavy (non-hydrogen) atoms. The summed E-state index contributed by atoms with van der Waals surface area (Å²) in [5.41, 5.74) is 5.12. The molecule has 5 heteroatoms. The number of rotatable bonds is 8. The molecule has 0 saturated carbocycles. The van der Waals surface area contributed by atoms with Crippen LogP contribution in [0.4, 0.5) is 5.69 Å². The van der Waals surface area contributed by atoms with E-state index in [2.05, 4.69) is 40.2 Å². The second-order valence-electron chi connectivity index (χ2n) is 7.67. The highest BCUT2D eigenvalue weighted by molar-refractivity contribution is 5.86. The third-order valence-corrected chi connectivity index (χ3v) is 5.54. The monoisotopic (exact) mass is 414 g/mol. The lowest BCUT2D eigenvalue weighted by Crippen LogP contribution is -2.33. The number of carbonyl (C=O) groups is 1. The van der Waals surface area contributed by atoms with Crippen LogP contribution in [-0.2, 0) is 11.2 Å². The Morgan fingerprint density at radius 1 is 1.06 bits per heavy atom. The summed E-state index contributed by atoms with van der Waals surface area (Å²) in [6.45, 7) is 2.02. The Bertz CT molecular complexity index is 1180. The molecule has 4 aromatic rings. The van der Waals surface area contributed by atoms with E-state index >= 15 is 0 Å². The van der Waals surface area contributed by atoms with E-state index in [-0.39, 0.29) is 12.6 Å². The number of aromatic nitrogens is 1. The first-order valence-electron chi connectivity index (χ1n) is 10.4. The number of aryl methyl sites for hydroxylation is 1. The number of aromatic amines is 1. The minimum Gasteiger partial charge on any atom is -0.481 e. The summed E-state index contributed by atoms with van der Waals surface area (Å²) in [5, 5.41) is 10.2. The molecule has 3 aromatic carbocycles. The van der Waals surface area contributed by atoms with Gasteiger partial charge in [-0.25, -0.2) is 0 Å². The van der Waals surface area contributed by atoms with E-state index in [0.29, 0.717) is 6.42 Å². The number of ether oxygens (including phenoxy) is 1. The van der Waals surface area contributed by atoms with Crippen LogP contribution >= 0.6 is 0 Å². The lowest BCUT2D eigenvalue weighted by Gasteiger charge is -2.28. The van der Waals surface area contributed by atoms with Crippen molar-refractivity contribution >= 4 is 22.6 Å². The number of benzene rings is 3. The number of nitrogens with one attached hydrogen (secondary N) is 1. The van der Waals surface area contributed by atoms with Crippen molar-refractivity contribution in [1.82, 2.24) is 4.98 Å². The van der Waals surface area contributed by atoms with E-state index in [1.54, 1.807) is 0 Å². The molecule has 0 aliphatic heterocycles. The van der Waals surface area contributed by atoms with Gasteiger partial charge in [0.15, 0.2) is 6.23 Å². The van der Waals surface area contributed by atoms with Gasteiger partial charge in [-0.1, -0.05) is 30.3 Å². The minimum atomic E-state index is -0.797. The van der Waals surface area contributed by atoms with Crippen molar-refractivity contribution in [3.05, 3.63) is 84.6 Å². The molecule has 0 bridgehead atoms. The van der Waals surface area contributed by atoms with Gasteiger partial charge >= 0.3 is 5.97 Å². The van der Waals surface area contributed by atoms with Crippen LogP contribution in [0.25, 0.3) is 22.0 Å². The second kappa shape index (κ2) is 8.96. The summed E-state index contributed by atoms with van der Waals surface area (Å²) in [6, 6.07) is 24.3. The molecule has 158 valence electrons. The first-order valence-corrected chi connectivity index (χ1v) is 10.4. The number of hydrogen-bond acceptors (Lipinski definition) is 3. The Labute approximate surface area is 181 Å². The summed E-state index contributed by atoms with van der Waals surface area (Å²) in [5.74, 6) is -0.0297. The van der Waals surface area contributed by atoms with E-state index in [0.717, 1.165) is 39.0 Å². The van der Waals surface area contributed by atoms with Gasteiger partial charge in [0.2, 0.25) is 0 Å². The van der Waals surface area contributed by atoms with E-state index < -0.39 is 5.97 Å². The van der Waals surface area contributed by atoms with Crippen LogP contribution in [0.1, 0.15) is 18.9 Å². The van der Waals surface area contributed by atoms with Gasteiger partial charge in [0, 0.05) is 36.4 Å². The van der Waals surface area contributed by atoms with Gasteiger partial charge < -0.3 is 19.7 Å². The van der Waals surface area contributed by atoms with Crippen molar-refractivity contribution in [3.8, 4) is 16.9 Å². The van der Waals surface area contributed by atoms with E-state index in [4.69, 9.17) is 9.84 Å². The van der Waals surface area contributed by atoms with Crippen molar-refractivity contribution < 1.29 is 14.6 Å². The van der Waals surface area contributed by atoms with Crippen molar-refractivity contribution in [3.63, 3.8) is 0 Å². The number of nitrogens with zero attached hydrogens (tertiary/aromatic N) is 1. The lowest BCUT2D eigenvalue weighted by molar-refractivity contribution is -0.136. The zero-order chi connectivity index (χ0) is 21.8. The molecule has 4 rings (SSSR count). The highest BCUT2D eigenvalue weighted by Crippen LogP contribution is 2.34. The number of para-hydroxylation sites is 1. The number of carboxylic acids is 1. The first kappa shape index (κ1) is 20.5. The molecule has 1 aromatic heterocycles. The summed E-state index contributed by atoms with van der Waals surface area (Å²) in [7, 11) is 2.01. The average Bonchev–Trinajstić information content (AvgIpc) is 3.26. The third kappa shape index (κ3) is 4.72. The number of fused-ring (bicyclic) bond motifs is 1. The van der Waals surface area contributed by atoms with E-state index in [1.165, 1.54) is 0 Å². The molecule has 0 amide bonds.